The highest BCUT2D eigenvalue weighted by atomic mass is 32.2. The summed E-state index contributed by atoms with van der Waals surface area (Å²) in [7, 11) is 0. The van der Waals surface area contributed by atoms with Crippen molar-refractivity contribution in [2.45, 2.75) is 82.0 Å². The summed E-state index contributed by atoms with van der Waals surface area (Å²) < 4.78 is 4.70. The highest BCUT2D eigenvalue weighted by molar-refractivity contribution is 8.02. The summed E-state index contributed by atoms with van der Waals surface area (Å²) in [5.74, 6) is -1.00. The van der Waals surface area contributed by atoms with Crippen LogP contribution >= 0.6 is 11.8 Å². The van der Waals surface area contributed by atoms with Gasteiger partial charge in [0.1, 0.15) is 11.8 Å². The molecule has 4 aliphatic rings. The number of aliphatic hydroxyl groups excluding tert-OH is 1. The molecule has 4 aliphatic heterocycles. The SMILES string of the molecule is CCCC(C)N1CC=C[C@]23S[C@H]4C=CCN(c5ccc(OCC)cc5)C(=O)[C@H]4[C@H]2C(=O)N([C@@H](CO)[C@@H](C)CC)C3C1=O. The summed E-state index contributed by atoms with van der Waals surface area (Å²) >= 11 is 1.59. The molecule has 1 N–H and O–H groups in total. The molecular weight excluding hydrogens is 550 g/mol. The molecule has 1 spiro atoms. The van der Waals surface area contributed by atoms with Crippen LogP contribution in [0.15, 0.2) is 48.6 Å². The standard InChI is InChI=1S/C33H45N3O5S/c1-6-11-22(5)34-19-10-17-33-28(31(39)36(29(33)32(34)40)25(20-37)21(4)7-2)27-26(42-33)12-9-18-35(30(27)38)23-13-15-24(16-14-23)41-8-3/h9-10,12-17,21-22,25-29,37H,6-8,11,18-20H2,1-5H3/t21-,22?,25-,26-,27+,28-,29?,33-/m0/s1. The fraction of sp³-hybridized carbons (Fsp3) is 0.606. The van der Waals surface area contributed by atoms with Gasteiger partial charge in [-0.05, 0) is 50.5 Å². The van der Waals surface area contributed by atoms with Crippen molar-refractivity contribution < 1.29 is 24.2 Å². The van der Waals surface area contributed by atoms with Gasteiger partial charge in [-0.2, -0.15) is 0 Å². The lowest BCUT2D eigenvalue weighted by molar-refractivity contribution is -0.147. The van der Waals surface area contributed by atoms with Crippen LogP contribution in [0, 0.1) is 17.8 Å². The van der Waals surface area contributed by atoms with Gasteiger partial charge in [0, 0.05) is 30.1 Å². The Morgan fingerprint density at radius 1 is 1.02 bits per heavy atom. The number of carbonyl (C=O) groups excluding carboxylic acids is 3. The minimum atomic E-state index is -0.896. The number of hydrogen-bond donors (Lipinski definition) is 1. The van der Waals surface area contributed by atoms with Crippen LogP contribution in [0.2, 0.25) is 0 Å². The third-order valence-electron chi connectivity index (χ3n) is 9.67. The largest absolute Gasteiger partial charge is 0.494 e. The molecule has 0 saturated carbocycles. The summed E-state index contributed by atoms with van der Waals surface area (Å²) in [6, 6.07) is 6.21. The molecule has 9 heteroatoms. The lowest BCUT2D eigenvalue weighted by Crippen LogP contribution is -2.58. The van der Waals surface area contributed by atoms with Crippen molar-refractivity contribution in [3.63, 3.8) is 0 Å². The van der Waals surface area contributed by atoms with Gasteiger partial charge in [0.25, 0.3) is 0 Å². The number of aliphatic hydroxyl groups is 1. The van der Waals surface area contributed by atoms with E-state index in [0.29, 0.717) is 19.7 Å². The van der Waals surface area contributed by atoms with Crippen LogP contribution < -0.4 is 9.64 Å². The zero-order valence-corrected chi connectivity index (χ0v) is 26.3. The Labute approximate surface area is 254 Å². The Balaban J connectivity index is 1.59. The van der Waals surface area contributed by atoms with E-state index in [4.69, 9.17) is 4.74 Å². The van der Waals surface area contributed by atoms with Crippen molar-refractivity contribution >= 4 is 35.2 Å². The van der Waals surface area contributed by atoms with Crippen LogP contribution in [-0.2, 0) is 14.4 Å². The Hall–Kier alpha value is -2.78. The molecule has 1 aromatic rings. The molecule has 228 valence electrons. The normalized spacial score (nSPS) is 30.9. The topological polar surface area (TPSA) is 90.4 Å². The number of anilines is 1. The minimum absolute atomic E-state index is 0.0118. The molecule has 8 nitrogen and oxygen atoms in total. The van der Waals surface area contributed by atoms with Crippen LogP contribution in [0.5, 0.6) is 5.75 Å². The second-order valence-corrected chi connectivity index (χ2v) is 13.5. The maximum Gasteiger partial charge on any atom is 0.247 e. The maximum absolute atomic E-state index is 14.7. The molecule has 4 heterocycles. The Bertz CT molecular complexity index is 1230. The smallest absolute Gasteiger partial charge is 0.247 e. The van der Waals surface area contributed by atoms with Gasteiger partial charge in [0.2, 0.25) is 17.7 Å². The summed E-state index contributed by atoms with van der Waals surface area (Å²) in [5.41, 5.74) is 0.749. The molecule has 3 amide bonds. The van der Waals surface area contributed by atoms with E-state index in [2.05, 4.69) is 26.0 Å². The zero-order valence-electron chi connectivity index (χ0n) is 25.4. The lowest BCUT2D eigenvalue weighted by Gasteiger charge is -2.41. The van der Waals surface area contributed by atoms with Crippen molar-refractivity contribution in [3.05, 3.63) is 48.6 Å². The molecule has 0 radical (unpaired) electrons. The molecule has 0 aromatic heterocycles. The molecule has 0 bridgehead atoms. The number of nitrogens with zero attached hydrogens (tertiary/aromatic N) is 3. The second-order valence-electron chi connectivity index (χ2n) is 12.1. The van der Waals surface area contributed by atoms with Gasteiger partial charge in [-0.3, -0.25) is 14.4 Å². The van der Waals surface area contributed by atoms with Gasteiger partial charge in [0.05, 0.1) is 35.8 Å². The molecule has 2 unspecified atom stereocenters. The molecule has 5 rings (SSSR count). The second kappa shape index (κ2) is 12.4. The van der Waals surface area contributed by atoms with Crippen molar-refractivity contribution in [3.8, 4) is 5.75 Å². The van der Waals surface area contributed by atoms with E-state index in [1.54, 1.807) is 21.6 Å². The first kappa shape index (κ1) is 30.7. The number of likely N-dealkylation sites (tertiary alicyclic amines) is 1. The van der Waals surface area contributed by atoms with Crippen LogP contribution in [0.4, 0.5) is 5.69 Å². The van der Waals surface area contributed by atoms with E-state index in [0.717, 1.165) is 30.7 Å². The first-order valence-corrected chi connectivity index (χ1v) is 16.4. The van der Waals surface area contributed by atoms with E-state index in [-0.39, 0.29) is 41.5 Å². The third-order valence-corrected chi connectivity index (χ3v) is 11.4. The number of fused-ring (bicyclic) bond motifs is 2. The maximum atomic E-state index is 14.7. The molecule has 0 aliphatic carbocycles. The van der Waals surface area contributed by atoms with Gasteiger partial charge in [0.15, 0.2) is 0 Å². The van der Waals surface area contributed by atoms with Crippen molar-refractivity contribution in [2.24, 2.45) is 17.8 Å². The fourth-order valence-electron chi connectivity index (χ4n) is 7.36. The van der Waals surface area contributed by atoms with Crippen molar-refractivity contribution in [2.75, 3.05) is 31.2 Å². The monoisotopic (exact) mass is 595 g/mol. The third kappa shape index (κ3) is 4.96. The van der Waals surface area contributed by atoms with E-state index < -0.39 is 28.7 Å². The number of thioether (sulfide) groups is 1. The fourth-order valence-corrected chi connectivity index (χ4v) is 9.35. The van der Waals surface area contributed by atoms with Crippen LogP contribution in [0.1, 0.15) is 53.9 Å². The first-order chi connectivity index (χ1) is 20.2. The van der Waals surface area contributed by atoms with Gasteiger partial charge in [-0.1, -0.05) is 57.9 Å². The zero-order chi connectivity index (χ0) is 30.2. The molecule has 2 saturated heterocycles. The summed E-state index contributed by atoms with van der Waals surface area (Å²) in [4.78, 5) is 49.0. The average molecular weight is 596 g/mol. The Morgan fingerprint density at radius 2 is 1.76 bits per heavy atom. The van der Waals surface area contributed by atoms with Crippen molar-refractivity contribution in [1.82, 2.24) is 9.80 Å². The Morgan fingerprint density at radius 3 is 2.40 bits per heavy atom. The first-order valence-electron chi connectivity index (χ1n) is 15.5. The van der Waals surface area contributed by atoms with Crippen LogP contribution in [0.25, 0.3) is 0 Å². The van der Waals surface area contributed by atoms with Gasteiger partial charge < -0.3 is 24.5 Å². The molecule has 42 heavy (non-hydrogen) atoms. The number of rotatable bonds is 10. The van der Waals surface area contributed by atoms with Gasteiger partial charge in [-0.25, -0.2) is 0 Å². The number of carbonyl (C=O) groups is 3. The van der Waals surface area contributed by atoms with E-state index >= 15 is 0 Å². The number of ether oxygens (including phenoxy) is 1. The van der Waals surface area contributed by atoms with E-state index in [1.807, 2.05) is 62.1 Å². The van der Waals surface area contributed by atoms with E-state index in [9.17, 15) is 19.5 Å². The van der Waals surface area contributed by atoms with E-state index in [1.165, 1.54) is 0 Å². The summed E-state index contributed by atoms with van der Waals surface area (Å²) in [6.07, 6.45) is 10.7. The molecule has 1 aromatic carbocycles. The molecular formula is C33H45N3O5S. The number of benzene rings is 1. The molecule has 2 fully saturated rings. The summed E-state index contributed by atoms with van der Waals surface area (Å²) in [6.45, 7) is 11.4. The highest BCUT2D eigenvalue weighted by Crippen LogP contribution is 2.61. The summed E-state index contributed by atoms with van der Waals surface area (Å²) in [5, 5.41) is 10.4. The number of amides is 3. The predicted octanol–water partition coefficient (Wildman–Crippen LogP) is 4.28. The van der Waals surface area contributed by atoms with Crippen LogP contribution in [0.3, 0.4) is 0 Å². The van der Waals surface area contributed by atoms with Gasteiger partial charge in [-0.15, -0.1) is 11.8 Å². The highest BCUT2D eigenvalue weighted by Gasteiger charge is 2.72. The average Bonchev–Trinajstić information content (AvgIpc) is 3.29. The Kier molecular flexibility index (Phi) is 9.09. The van der Waals surface area contributed by atoms with Gasteiger partial charge >= 0.3 is 0 Å². The number of hydrogen-bond acceptors (Lipinski definition) is 6. The quantitative estimate of drug-likeness (QED) is 0.406. The van der Waals surface area contributed by atoms with Crippen molar-refractivity contribution in [1.29, 1.82) is 0 Å². The minimum Gasteiger partial charge on any atom is -0.494 e. The molecule has 8 atom stereocenters. The lowest BCUT2D eigenvalue weighted by atomic mass is 9.78. The van der Waals surface area contributed by atoms with Crippen LogP contribution in [-0.4, -0.2) is 87.1 Å². The predicted molar refractivity (Wildman–Crippen MR) is 166 cm³/mol.